The average molecular weight is 520 g/mol. The fraction of sp³-hybridized carbons (Fsp3) is 0.286. The second kappa shape index (κ2) is 10.7. The summed E-state index contributed by atoms with van der Waals surface area (Å²) in [6, 6.07) is 16.0. The Morgan fingerprint density at radius 3 is 2.32 bits per heavy atom. The maximum atomic E-state index is 13.1. The molecule has 2 amide bonds. The molecule has 1 atom stereocenters. The van der Waals surface area contributed by atoms with Crippen molar-refractivity contribution in [3.63, 3.8) is 0 Å². The fourth-order valence-electron chi connectivity index (χ4n) is 4.43. The summed E-state index contributed by atoms with van der Waals surface area (Å²) in [5, 5.41) is 19.2. The Balaban J connectivity index is 1.49. The summed E-state index contributed by atoms with van der Waals surface area (Å²) in [4.78, 5) is 35.2. The number of rotatable bonds is 6. The highest BCUT2D eigenvalue weighted by Crippen LogP contribution is 2.30. The largest absolute Gasteiger partial charge is 0.376 e. The smallest absolute Gasteiger partial charge is 0.259 e. The molecule has 1 saturated heterocycles. The van der Waals surface area contributed by atoms with Crippen LogP contribution in [0.3, 0.4) is 0 Å². The second-order valence-electron chi connectivity index (χ2n) is 9.39. The summed E-state index contributed by atoms with van der Waals surface area (Å²) >= 11 is 6.38. The van der Waals surface area contributed by atoms with Gasteiger partial charge in [0.05, 0.1) is 10.6 Å². The van der Waals surface area contributed by atoms with Crippen LogP contribution in [0.25, 0.3) is 11.1 Å². The lowest BCUT2D eigenvalue weighted by Gasteiger charge is -2.39. The molecular weight excluding hydrogens is 490 g/mol. The van der Waals surface area contributed by atoms with Crippen molar-refractivity contribution in [2.45, 2.75) is 12.5 Å². The van der Waals surface area contributed by atoms with Crippen LogP contribution in [0.1, 0.15) is 28.4 Å². The lowest BCUT2D eigenvalue weighted by atomic mass is 9.94. The minimum absolute atomic E-state index is 0.173. The van der Waals surface area contributed by atoms with Crippen LogP contribution >= 0.6 is 11.6 Å². The van der Waals surface area contributed by atoms with Gasteiger partial charge < -0.3 is 25.2 Å². The molecule has 0 bridgehead atoms. The van der Waals surface area contributed by atoms with Crippen LogP contribution in [0.15, 0.2) is 60.8 Å². The van der Waals surface area contributed by atoms with E-state index in [0.29, 0.717) is 53.7 Å². The summed E-state index contributed by atoms with van der Waals surface area (Å²) in [6.45, 7) is 3.44. The number of carbonyl (C=O) groups excluding carboxylic acids is 2. The van der Waals surface area contributed by atoms with Crippen LogP contribution in [0.5, 0.6) is 0 Å². The van der Waals surface area contributed by atoms with Crippen LogP contribution in [0, 0.1) is 5.41 Å². The van der Waals surface area contributed by atoms with Crippen molar-refractivity contribution in [3.05, 3.63) is 82.5 Å². The first-order valence-electron chi connectivity index (χ1n) is 12.0. The zero-order valence-corrected chi connectivity index (χ0v) is 21.9. The molecule has 0 radical (unpaired) electrons. The van der Waals surface area contributed by atoms with Gasteiger partial charge in [-0.2, -0.15) is 0 Å². The number of halogens is 1. The number of nitrogens with one attached hydrogen (secondary N) is 1. The number of anilines is 1. The third kappa shape index (κ3) is 5.35. The third-order valence-electron chi connectivity index (χ3n) is 6.61. The van der Waals surface area contributed by atoms with Gasteiger partial charge in [0, 0.05) is 63.8 Å². The molecule has 37 heavy (non-hydrogen) atoms. The Morgan fingerprint density at radius 1 is 1.05 bits per heavy atom. The quantitative estimate of drug-likeness (QED) is 0.484. The molecule has 192 valence electrons. The molecule has 2 heterocycles. The minimum atomic E-state index is -1.60. The SMILES string of the molecule is CN(C)C(=O)c1ccc(-c2cnc(N3CCN(C(=O)[C@](C)(O)c4ccccc4)CC3)c(C=N)c2)cc1Cl. The van der Waals surface area contributed by atoms with Crippen molar-refractivity contribution in [2.24, 2.45) is 0 Å². The highest BCUT2D eigenvalue weighted by atomic mass is 35.5. The Labute approximate surface area is 221 Å². The number of hydrogen-bond donors (Lipinski definition) is 2. The number of pyridine rings is 1. The van der Waals surface area contributed by atoms with E-state index in [0.717, 1.165) is 11.1 Å². The number of aliphatic hydroxyl groups is 1. The zero-order valence-electron chi connectivity index (χ0n) is 21.1. The van der Waals surface area contributed by atoms with E-state index in [1.807, 2.05) is 23.1 Å². The molecule has 0 unspecified atom stereocenters. The van der Waals surface area contributed by atoms with Crippen molar-refractivity contribution in [2.75, 3.05) is 45.2 Å². The van der Waals surface area contributed by atoms with Crippen molar-refractivity contribution in [1.82, 2.24) is 14.8 Å². The molecule has 1 fully saturated rings. The standard InChI is InChI=1S/C28H30ClN5O3/c1-28(37,22-7-5-4-6-8-22)27(36)34-13-11-33(12-14-34)25-20(17-30)15-21(18-31-25)19-9-10-23(24(29)16-19)26(35)32(2)3/h4-10,15-18,30,37H,11-14H2,1-3H3/t28-/m1/s1. The number of piperazine rings is 1. The highest BCUT2D eigenvalue weighted by molar-refractivity contribution is 6.34. The molecule has 2 aromatic carbocycles. The molecular formula is C28H30ClN5O3. The molecule has 0 aliphatic carbocycles. The monoisotopic (exact) mass is 519 g/mol. The first-order valence-corrected chi connectivity index (χ1v) is 12.4. The molecule has 8 nitrogen and oxygen atoms in total. The fourth-order valence-corrected chi connectivity index (χ4v) is 4.69. The van der Waals surface area contributed by atoms with Crippen LogP contribution in [-0.2, 0) is 10.4 Å². The van der Waals surface area contributed by atoms with E-state index in [9.17, 15) is 14.7 Å². The first kappa shape index (κ1) is 26.3. The van der Waals surface area contributed by atoms with Gasteiger partial charge in [0.25, 0.3) is 11.8 Å². The minimum Gasteiger partial charge on any atom is -0.376 e. The predicted molar refractivity (Wildman–Crippen MR) is 145 cm³/mol. The van der Waals surface area contributed by atoms with Gasteiger partial charge in [-0.15, -0.1) is 0 Å². The van der Waals surface area contributed by atoms with E-state index < -0.39 is 5.60 Å². The van der Waals surface area contributed by atoms with E-state index >= 15 is 0 Å². The molecule has 9 heteroatoms. The molecule has 1 aliphatic heterocycles. The summed E-state index contributed by atoms with van der Waals surface area (Å²) in [7, 11) is 3.35. The van der Waals surface area contributed by atoms with E-state index in [1.54, 1.807) is 61.6 Å². The topological polar surface area (TPSA) is 101 Å². The van der Waals surface area contributed by atoms with Crippen LogP contribution < -0.4 is 4.90 Å². The maximum Gasteiger partial charge on any atom is 0.259 e. The third-order valence-corrected chi connectivity index (χ3v) is 6.92. The Kier molecular flexibility index (Phi) is 7.61. The van der Waals surface area contributed by atoms with E-state index in [1.165, 1.54) is 18.0 Å². The van der Waals surface area contributed by atoms with Crippen molar-refractivity contribution < 1.29 is 14.7 Å². The summed E-state index contributed by atoms with van der Waals surface area (Å²) in [5.41, 5.74) is 1.59. The normalized spacial score (nSPS) is 15.2. The van der Waals surface area contributed by atoms with Crippen molar-refractivity contribution in [1.29, 1.82) is 5.41 Å². The van der Waals surface area contributed by atoms with E-state index in [4.69, 9.17) is 17.0 Å². The lowest BCUT2D eigenvalue weighted by Crippen LogP contribution is -2.54. The van der Waals surface area contributed by atoms with Gasteiger partial charge in [0.2, 0.25) is 0 Å². The van der Waals surface area contributed by atoms with Crippen LogP contribution in [0.2, 0.25) is 5.02 Å². The number of carbonyl (C=O) groups is 2. The molecule has 1 aromatic heterocycles. The van der Waals surface area contributed by atoms with Crippen molar-refractivity contribution >= 4 is 35.4 Å². The van der Waals surface area contributed by atoms with E-state index in [-0.39, 0.29) is 11.8 Å². The molecule has 0 spiro atoms. The zero-order chi connectivity index (χ0) is 26.7. The Morgan fingerprint density at radius 2 is 1.73 bits per heavy atom. The van der Waals surface area contributed by atoms with E-state index in [2.05, 4.69) is 4.98 Å². The number of aromatic nitrogens is 1. The molecule has 4 rings (SSSR count). The molecule has 2 N–H and O–H groups in total. The van der Waals surface area contributed by atoms with Crippen LogP contribution in [-0.4, -0.2) is 78.2 Å². The second-order valence-corrected chi connectivity index (χ2v) is 9.80. The van der Waals surface area contributed by atoms with Gasteiger partial charge in [-0.1, -0.05) is 48.0 Å². The summed E-state index contributed by atoms with van der Waals surface area (Å²) in [6.07, 6.45) is 2.98. The Hall–Kier alpha value is -3.75. The summed E-state index contributed by atoms with van der Waals surface area (Å²) in [5.74, 6) is 0.154. The number of amides is 2. The van der Waals surface area contributed by atoms with Gasteiger partial charge in [-0.05, 0) is 36.2 Å². The summed E-state index contributed by atoms with van der Waals surface area (Å²) < 4.78 is 0. The average Bonchev–Trinajstić information content (AvgIpc) is 2.92. The molecule has 0 saturated carbocycles. The van der Waals surface area contributed by atoms with Gasteiger partial charge >= 0.3 is 0 Å². The molecule has 1 aliphatic rings. The number of hydrogen-bond acceptors (Lipinski definition) is 6. The van der Waals surface area contributed by atoms with Gasteiger partial charge in [0.15, 0.2) is 5.60 Å². The highest BCUT2D eigenvalue weighted by Gasteiger charge is 2.37. The maximum absolute atomic E-state index is 13.1. The van der Waals surface area contributed by atoms with Gasteiger partial charge in [-0.3, -0.25) is 9.59 Å². The van der Waals surface area contributed by atoms with Crippen molar-refractivity contribution in [3.8, 4) is 11.1 Å². The predicted octanol–water partition coefficient (Wildman–Crippen LogP) is 3.66. The van der Waals surface area contributed by atoms with Gasteiger partial charge in [-0.25, -0.2) is 4.98 Å². The van der Waals surface area contributed by atoms with Crippen LogP contribution in [0.4, 0.5) is 5.82 Å². The first-order chi connectivity index (χ1) is 17.6. The van der Waals surface area contributed by atoms with Gasteiger partial charge in [0.1, 0.15) is 5.82 Å². The molecule has 3 aromatic rings. The number of benzene rings is 2. The number of nitrogens with zero attached hydrogens (tertiary/aromatic N) is 4. The lowest BCUT2D eigenvalue weighted by molar-refractivity contribution is -0.150. The Bertz CT molecular complexity index is 1320.